The van der Waals surface area contributed by atoms with Crippen molar-refractivity contribution in [2.75, 3.05) is 6.54 Å². The number of rotatable bonds is 3. The summed E-state index contributed by atoms with van der Waals surface area (Å²) in [5.41, 5.74) is 1.47. The summed E-state index contributed by atoms with van der Waals surface area (Å²) in [4.78, 5) is 19.2. The van der Waals surface area contributed by atoms with E-state index in [4.69, 9.17) is 0 Å². The molecule has 2 unspecified atom stereocenters. The molecule has 2 heterocycles. The summed E-state index contributed by atoms with van der Waals surface area (Å²) in [6.07, 6.45) is 5.25. The highest BCUT2D eigenvalue weighted by atomic mass is 16.2. The third kappa shape index (κ3) is 1.91. The van der Waals surface area contributed by atoms with Gasteiger partial charge in [-0.2, -0.15) is 0 Å². The largest absolute Gasteiger partial charge is 0.332 e. The number of amides is 1. The third-order valence-corrected chi connectivity index (χ3v) is 5.35. The molecule has 2 atom stereocenters. The zero-order valence-corrected chi connectivity index (χ0v) is 12.4. The molecule has 2 saturated carbocycles. The number of hydrogen-bond donors (Lipinski definition) is 0. The number of hydrogen-bond acceptors (Lipinski definition) is 4. The Morgan fingerprint density at radius 1 is 1.00 bits per heavy atom. The van der Waals surface area contributed by atoms with E-state index in [0.29, 0.717) is 6.04 Å². The highest BCUT2D eigenvalue weighted by molar-refractivity contribution is 5.92. The van der Waals surface area contributed by atoms with Gasteiger partial charge >= 0.3 is 0 Å². The first-order valence-corrected chi connectivity index (χ1v) is 8.22. The second-order valence-corrected chi connectivity index (χ2v) is 6.91. The van der Waals surface area contributed by atoms with Crippen molar-refractivity contribution in [3.63, 3.8) is 0 Å². The van der Waals surface area contributed by atoms with E-state index in [9.17, 15) is 4.79 Å². The molecule has 5 nitrogen and oxygen atoms in total. The van der Waals surface area contributed by atoms with Gasteiger partial charge in [0.25, 0.3) is 5.91 Å². The van der Waals surface area contributed by atoms with E-state index in [1.165, 1.54) is 25.7 Å². The topological polar surface area (TPSA) is 59.0 Å². The summed E-state index contributed by atoms with van der Waals surface area (Å²) < 4.78 is 0. The van der Waals surface area contributed by atoms with Crippen LogP contribution in [0.4, 0.5) is 0 Å². The second kappa shape index (κ2) is 4.48. The van der Waals surface area contributed by atoms with Gasteiger partial charge in [-0.15, -0.1) is 10.2 Å². The number of fused-ring (bicyclic) bond motifs is 1. The van der Waals surface area contributed by atoms with Crippen molar-refractivity contribution < 1.29 is 4.79 Å². The highest BCUT2D eigenvalue weighted by Gasteiger charge is 2.54. The number of para-hydroxylation sites is 1. The van der Waals surface area contributed by atoms with Crippen molar-refractivity contribution in [2.45, 2.75) is 31.7 Å². The van der Waals surface area contributed by atoms with Crippen LogP contribution in [0.3, 0.4) is 0 Å². The van der Waals surface area contributed by atoms with Crippen molar-refractivity contribution in [3.8, 4) is 0 Å². The van der Waals surface area contributed by atoms with E-state index < -0.39 is 0 Å². The third-order valence-electron chi connectivity index (χ3n) is 5.35. The van der Waals surface area contributed by atoms with Crippen LogP contribution in [-0.4, -0.2) is 38.6 Å². The van der Waals surface area contributed by atoms with Gasteiger partial charge < -0.3 is 4.90 Å². The number of aromatic nitrogens is 3. The zero-order valence-electron chi connectivity index (χ0n) is 12.4. The lowest BCUT2D eigenvalue weighted by Crippen LogP contribution is -2.60. The molecule has 1 aromatic carbocycles. The van der Waals surface area contributed by atoms with Crippen LogP contribution in [0, 0.1) is 17.8 Å². The molecule has 1 aliphatic heterocycles. The van der Waals surface area contributed by atoms with Gasteiger partial charge in [0.1, 0.15) is 5.52 Å². The molecule has 0 N–H and O–H groups in total. The molecule has 1 aromatic heterocycles. The van der Waals surface area contributed by atoms with E-state index in [-0.39, 0.29) is 11.7 Å². The lowest BCUT2D eigenvalue weighted by Gasteiger charge is -2.48. The summed E-state index contributed by atoms with van der Waals surface area (Å²) >= 11 is 0. The van der Waals surface area contributed by atoms with E-state index in [2.05, 4.69) is 15.2 Å². The first-order valence-electron chi connectivity index (χ1n) is 8.22. The average molecular weight is 294 g/mol. The minimum absolute atomic E-state index is 0.0351. The Bertz CT molecular complexity index is 753. The predicted octanol–water partition coefficient (Wildman–Crippen LogP) is 2.29. The summed E-state index contributed by atoms with van der Waals surface area (Å²) in [5.74, 6) is 2.53. The lowest BCUT2D eigenvalue weighted by molar-refractivity contribution is -0.00303. The van der Waals surface area contributed by atoms with Gasteiger partial charge in [0.05, 0.1) is 5.52 Å². The molecule has 5 rings (SSSR count). The maximum absolute atomic E-state index is 12.8. The Hall–Kier alpha value is -2.04. The van der Waals surface area contributed by atoms with E-state index in [1.807, 2.05) is 29.2 Å². The maximum atomic E-state index is 12.8. The average Bonchev–Trinajstić information content (AvgIpc) is 3.40. The second-order valence-electron chi connectivity index (χ2n) is 6.91. The molecule has 0 radical (unpaired) electrons. The zero-order chi connectivity index (χ0) is 14.7. The Morgan fingerprint density at radius 2 is 1.73 bits per heavy atom. The van der Waals surface area contributed by atoms with Crippen LogP contribution in [0.25, 0.3) is 11.0 Å². The minimum Gasteiger partial charge on any atom is -0.332 e. The Balaban J connectivity index is 1.42. The van der Waals surface area contributed by atoms with E-state index in [0.717, 1.165) is 35.3 Å². The number of carbonyl (C=O) groups is 1. The van der Waals surface area contributed by atoms with Crippen molar-refractivity contribution in [1.82, 2.24) is 20.1 Å². The van der Waals surface area contributed by atoms with Crippen molar-refractivity contribution >= 4 is 16.9 Å². The molecule has 2 aromatic rings. The Morgan fingerprint density at radius 3 is 2.45 bits per heavy atom. The first kappa shape index (κ1) is 12.5. The first-order chi connectivity index (χ1) is 10.8. The molecule has 22 heavy (non-hydrogen) atoms. The fourth-order valence-electron chi connectivity index (χ4n) is 3.86. The summed E-state index contributed by atoms with van der Waals surface area (Å²) in [7, 11) is 0. The number of nitrogens with zero attached hydrogens (tertiary/aromatic N) is 4. The fraction of sp³-hybridized carbons (Fsp3) is 0.529. The number of likely N-dealkylation sites (tertiary alicyclic amines) is 1. The SMILES string of the molecule is O=C(c1nnc2ccccc2n1)N1CC(C2CC2)C1C1CC1. The van der Waals surface area contributed by atoms with Gasteiger partial charge in [0.15, 0.2) is 0 Å². The quantitative estimate of drug-likeness (QED) is 0.871. The fourth-order valence-corrected chi connectivity index (χ4v) is 3.86. The van der Waals surface area contributed by atoms with Gasteiger partial charge in [-0.05, 0) is 49.7 Å². The molecule has 112 valence electrons. The van der Waals surface area contributed by atoms with Gasteiger partial charge in [-0.3, -0.25) is 4.79 Å². The molecular weight excluding hydrogens is 276 g/mol. The van der Waals surface area contributed by atoms with Crippen LogP contribution in [-0.2, 0) is 0 Å². The molecule has 0 bridgehead atoms. The normalized spacial score (nSPS) is 27.7. The molecule has 1 saturated heterocycles. The van der Waals surface area contributed by atoms with Crippen LogP contribution in [0.5, 0.6) is 0 Å². The number of carbonyl (C=O) groups excluding carboxylic acids is 1. The van der Waals surface area contributed by atoms with Gasteiger partial charge in [-0.1, -0.05) is 12.1 Å². The standard InChI is InChI=1S/C17H18N4O/c22-17(16-18-13-3-1-2-4-14(13)19-20-16)21-9-12(10-5-6-10)15(21)11-7-8-11/h1-4,10-12,15H,5-9H2. The van der Waals surface area contributed by atoms with Gasteiger partial charge in [0, 0.05) is 18.5 Å². The van der Waals surface area contributed by atoms with Crippen molar-refractivity contribution in [2.24, 2.45) is 17.8 Å². The summed E-state index contributed by atoms with van der Waals surface area (Å²) in [6.45, 7) is 0.890. The van der Waals surface area contributed by atoms with Gasteiger partial charge in [0.2, 0.25) is 5.82 Å². The monoisotopic (exact) mass is 294 g/mol. The van der Waals surface area contributed by atoms with Gasteiger partial charge in [-0.25, -0.2) is 4.98 Å². The Kier molecular flexibility index (Phi) is 2.54. The molecule has 5 heteroatoms. The maximum Gasteiger partial charge on any atom is 0.293 e. The number of benzene rings is 1. The van der Waals surface area contributed by atoms with Crippen LogP contribution >= 0.6 is 0 Å². The van der Waals surface area contributed by atoms with E-state index >= 15 is 0 Å². The van der Waals surface area contributed by atoms with Crippen LogP contribution in [0.2, 0.25) is 0 Å². The van der Waals surface area contributed by atoms with Crippen LogP contribution in [0.15, 0.2) is 24.3 Å². The van der Waals surface area contributed by atoms with Crippen molar-refractivity contribution in [1.29, 1.82) is 0 Å². The summed E-state index contributed by atoms with van der Waals surface area (Å²) in [6, 6.07) is 7.99. The Labute approximate surface area is 128 Å². The summed E-state index contributed by atoms with van der Waals surface area (Å²) in [5, 5.41) is 8.19. The molecule has 0 spiro atoms. The molecule has 1 amide bonds. The van der Waals surface area contributed by atoms with Crippen molar-refractivity contribution in [3.05, 3.63) is 30.1 Å². The highest BCUT2D eigenvalue weighted by Crippen LogP contribution is 2.52. The van der Waals surface area contributed by atoms with Crippen LogP contribution < -0.4 is 0 Å². The molecule has 2 aliphatic carbocycles. The van der Waals surface area contributed by atoms with E-state index in [1.54, 1.807) is 0 Å². The molecule has 3 fully saturated rings. The molecule has 3 aliphatic rings. The smallest absolute Gasteiger partial charge is 0.293 e. The minimum atomic E-state index is -0.0351. The predicted molar refractivity (Wildman–Crippen MR) is 81.1 cm³/mol. The lowest BCUT2D eigenvalue weighted by atomic mass is 9.81. The van der Waals surface area contributed by atoms with Crippen LogP contribution in [0.1, 0.15) is 36.3 Å². The molecular formula is C17H18N4O.